The summed E-state index contributed by atoms with van der Waals surface area (Å²) in [6.45, 7) is 8.13. The summed E-state index contributed by atoms with van der Waals surface area (Å²) in [5.74, 6) is -0.253. The van der Waals surface area contributed by atoms with Gasteiger partial charge in [-0.2, -0.15) is 0 Å². The summed E-state index contributed by atoms with van der Waals surface area (Å²) in [5, 5.41) is 8.61. The molecular formula is C21H25N7O2S2. The molecule has 0 unspecified atom stereocenters. The molecule has 2 atom stereocenters. The number of hydrogen-bond donors (Lipinski definition) is 0. The quantitative estimate of drug-likeness (QED) is 0.568. The molecule has 9 nitrogen and oxygen atoms in total. The molecule has 0 bridgehead atoms. The van der Waals surface area contributed by atoms with Gasteiger partial charge in [0.25, 0.3) is 5.91 Å². The molecule has 5 heterocycles. The number of imidazole rings is 1. The zero-order chi connectivity index (χ0) is 22.5. The van der Waals surface area contributed by atoms with Crippen molar-refractivity contribution in [2.45, 2.75) is 45.7 Å². The molecule has 168 valence electrons. The van der Waals surface area contributed by atoms with Crippen molar-refractivity contribution >= 4 is 34.7 Å². The summed E-state index contributed by atoms with van der Waals surface area (Å²) >= 11 is 2.74. The molecule has 5 rings (SSSR count). The van der Waals surface area contributed by atoms with Gasteiger partial charge in [0, 0.05) is 48.6 Å². The summed E-state index contributed by atoms with van der Waals surface area (Å²) in [4.78, 5) is 39.7. The molecule has 2 fully saturated rings. The van der Waals surface area contributed by atoms with E-state index in [1.165, 1.54) is 0 Å². The van der Waals surface area contributed by atoms with E-state index in [1.54, 1.807) is 21.6 Å². The number of aromatic nitrogens is 5. The summed E-state index contributed by atoms with van der Waals surface area (Å²) in [7, 11) is 0. The van der Waals surface area contributed by atoms with Gasteiger partial charge < -0.3 is 14.4 Å². The lowest BCUT2D eigenvalue weighted by Crippen LogP contribution is -2.40. The Kier molecular flexibility index (Phi) is 5.32. The minimum absolute atomic E-state index is 0.0824. The number of carbonyl (C=O) groups excluding carboxylic acids is 2. The standard InChI is InChI=1S/C21H25N7O2S2/c1-13(2)28-8-17(22-12-28)16-7-27(19(29)18-10-32-25-24-18)11-21(16)4-5-26(20(21)30)6-15-9-31-14(3)23-15/h8-10,12-13,16H,4-7,11H2,1-3H3/t16-,21+/m0/s1. The van der Waals surface area contributed by atoms with Crippen LogP contribution >= 0.6 is 22.9 Å². The van der Waals surface area contributed by atoms with Gasteiger partial charge in [0.2, 0.25) is 5.91 Å². The van der Waals surface area contributed by atoms with Crippen molar-refractivity contribution in [3.63, 3.8) is 0 Å². The largest absolute Gasteiger partial charge is 0.336 e. The number of aryl methyl sites for hydroxylation is 1. The summed E-state index contributed by atoms with van der Waals surface area (Å²) in [6, 6.07) is 0.274. The molecule has 2 aliphatic rings. The Bertz CT molecular complexity index is 1140. The van der Waals surface area contributed by atoms with E-state index in [-0.39, 0.29) is 23.8 Å². The van der Waals surface area contributed by atoms with Gasteiger partial charge in [0.1, 0.15) is 0 Å². The molecule has 32 heavy (non-hydrogen) atoms. The van der Waals surface area contributed by atoms with Gasteiger partial charge in [-0.05, 0) is 38.7 Å². The van der Waals surface area contributed by atoms with Gasteiger partial charge in [-0.1, -0.05) is 4.49 Å². The molecule has 0 aliphatic carbocycles. The third-order valence-corrected chi connectivity index (χ3v) is 7.87. The topological polar surface area (TPSA) is 97.1 Å². The molecule has 2 aliphatic heterocycles. The highest BCUT2D eigenvalue weighted by Gasteiger charge is 2.58. The fraction of sp³-hybridized carbons (Fsp3) is 0.524. The van der Waals surface area contributed by atoms with Crippen LogP contribution in [-0.4, -0.2) is 65.4 Å². The monoisotopic (exact) mass is 471 g/mol. The predicted molar refractivity (Wildman–Crippen MR) is 120 cm³/mol. The SMILES string of the molecule is Cc1nc(CN2CC[C@]3(CN(C(=O)c4csnn4)C[C@H]3c3cn(C(C)C)cn3)C2=O)cs1. The maximum absolute atomic E-state index is 13.8. The maximum atomic E-state index is 13.8. The highest BCUT2D eigenvalue weighted by Crippen LogP contribution is 2.50. The maximum Gasteiger partial charge on any atom is 0.275 e. The number of nitrogens with zero attached hydrogens (tertiary/aromatic N) is 7. The van der Waals surface area contributed by atoms with E-state index in [4.69, 9.17) is 0 Å². The Morgan fingerprint density at radius 3 is 2.84 bits per heavy atom. The van der Waals surface area contributed by atoms with Crippen LogP contribution in [0.1, 0.15) is 59.1 Å². The van der Waals surface area contributed by atoms with E-state index >= 15 is 0 Å². The van der Waals surface area contributed by atoms with Gasteiger partial charge in [0.05, 0.1) is 34.7 Å². The molecular weight excluding hydrogens is 446 g/mol. The molecule has 0 aromatic carbocycles. The van der Waals surface area contributed by atoms with Gasteiger partial charge in [-0.25, -0.2) is 9.97 Å². The van der Waals surface area contributed by atoms with Crippen molar-refractivity contribution in [2.24, 2.45) is 5.41 Å². The van der Waals surface area contributed by atoms with E-state index in [0.29, 0.717) is 38.3 Å². The van der Waals surface area contributed by atoms with Gasteiger partial charge in [-0.15, -0.1) is 16.4 Å². The van der Waals surface area contributed by atoms with Gasteiger partial charge in [0.15, 0.2) is 5.69 Å². The lowest BCUT2D eigenvalue weighted by Gasteiger charge is -2.27. The smallest absolute Gasteiger partial charge is 0.275 e. The second-order valence-electron chi connectivity index (χ2n) is 8.86. The van der Waals surface area contributed by atoms with Crippen LogP contribution in [0.3, 0.4) is 0 Å². The minimum atomic E-state index is -0.680. The van der Waals surface area contributed by atoms with Crippen LogP contribution < -0.4 is 0 Å². The van der Waals surface area contributed by atoms with Crippen LogP contribution in [0, 0.1) is 12.3 Å². The van der Waals surface area contributed by atoms with Crippen molar-refractivity contribution in [3.8, 4) is 0 Å². The van der Waals surface area contributed by atoms with E-state index in [9.17, 15) is 9.59 Å². The van der Waals surface area contributed by atoms with Gasteiger partial charge >= 0.3 is 0 Å². The van der Waals surface area contributed by atoms with Crippen LogP contribution in [-0.2, 0) is 11.3 Å². The van der Waals surface area contributed by atoms with Crippen LogP contribution in [0.2, 0.25) is 0 Å². The van der Waals surface area contributed by atoms with Crippen LogP contribution in [0.15, 0.2) is 23.3 Å². The first-order valence-electron chi connectivity index (χ1n) is 10.7. The second kappa shape index (κ2) is 8.04. The molecule has 3 aromatic heterocycles. The third-order valence-electron chi connectivity index (χ3n) is 6.54. The van der Waals surface area contributed by atoms with Crippen LogP contribution in [0.5, 0.6) is 0 Å². The van der Waals surface area contributed by atoms with Crippen molar-refractivity contribution in [1.82, 2.24) is 33.9 Å². The van der Waals surface area contributed by atoms with Crippen molar-refractivity contribution in [2.75, 3.05) is 19.6 Å². The second-order valence-corrected chi connectivity index (χ2v) is 10.5. The van der Waals surface area contributed by atoms with Crippen molar-refractivity contribution in [1.29, 1.82) is 0 Å². The van der Waals surface area contributed by atoms with Gasteiger partial charge in [-0.3, -0.25) is 9.59 Å². The first-order chi connectivity index (χ1) is 15.4. The molecule has 2 saturated heterocycles. The number of amides is 2. The predicted octanol–water partition coefficient (Wildman–Crippen LogP) is 2.74. The van der Waals surface area contributed by atoms with Crippen molar-refractivity contribution in [3.05, 3.63) is 45.4 Å². The molecule has 2 amide bonds. The van der Waals surface area contributed by atoms with Crippen LogP contribution in [0.4, 0.5) is 0 Å². The number of thiazole rings is 1. The zero-order valence-electron chi connectivity index (χ0n) is 18.3. The summed E-state index contributed by atoms with van der Waals surface area (Å²) in [6.07, 6.45) is 4.53. The van der Waals surface area contributed by atoms with E-state index < -0.39 is 5.41 Å². The molecule has 3 aromatic rings. The number of rotatable bonds is 5. The summed E-state index contributed by atoms with van der Waals surface area (Å²) in [5.41, 5.74) is 1.43. The minimum Gasteiger partial charge on any atom is -0.336 e. The molecule has 0 saturated carbocycles. The average molecular weight is 472 g/mol. The van der Waals surface area contributed by atoms with Crippen molar-refractivity contribution < 1.29 is 9.59 Å². The Morgan fingerprint density at radius 2 is 2.19 bits per heavy atom. The lowest BCUT2D eigenvalue weighted by atomic mass is 9.75. The molecule has 0 N–H and O–H groups in total. The fourth-order valence-electron chi connectivity index (χ4n) is 4.83. The lowest BCUT2D eigenvalue weighted by molar-refractivity contribution is -0.136. The molecule has 0 radical (unpaired) electrons. The first kappa shape index (κ1) is 21.2. The Balaban J connectivity index is 1.46. The van der Waals surface area contributed by atoms with E-state index in [1.807, 2.05) is 34.3 Å². The highest BCUT2D eigenvalue weighted by molar-refractivity contribution is 7.09. The normalized spacial score (nSPS) is 23.2. The zero-order valence-corrected chi connectivity index (χ0v) is 19.9. The van der Waals surface area contributed by atoms with E-state index in [0.717, 1.165) is 27.9 Å². The highest BCUT2D eigenvalue weighted by atomic mass is 32.1. The third kappa shape index (κ3) is 3.53. The average Bonchev–Trinajstić information content (AvgIpc) is 3.57. The van der Waals surface area contributed by atoms with Crippen LogP contribution in [0.25, 0.3) is 0 Å². The first-order valence-corrected chi connectivity index (χ1v) is 12.4. The number of likely N-dealkylation sites (tertiary alicyclic amines) is 2. The Labute approximate surface area is 194 Å². The fourth-order valence-corrected chi connectivity index (χ4v) is 5.87. The molecule has 11 heteroatoms. The Morgan fingerprint density at radius 1 is 1.34 bits per heavy atom. The number of carbonyl (C=O) groups is 2. The number of hydrogen-bond acceptors (Lipinski definition) is 8. The summed E-state index contributed by atoms with van der Waals surface area (Å²) < 4.78 is 5.88. The molecule has 1 spiro atoms. The van der Waals surface area contributed by atoms with E-state index in [2.05, 4.69) is 33.4 Å². The Hall–Kier alpha value is -2.66.